The number of benzene rings is 3. The van der Waals surface area contributed by atoms with Gasteiger partial charge in [-0.2, -0.15) is 0 Å². The number of rotatable bonds is 3. The Kier molecular flexibility index (Phi) is 5.54. The van der Waals surface area contributed by atoms with Gasteiger partial charge in [-0.15, -0.1) is 0 Å². The average molecular weight is 583 g/mol. The highest BCUT2D eigenvalue weighted by atomic mass is 16.3. The van der Waals surface area contributed by atoms with Crippen LogP contribution >= 0.6 is 0 Å². The zero-order valence-electron chi connectivity index (χ0n) is 25.1. The van der Waals surface area contributed by atoms with E-state index in [-0.39, 0.29) is 41.3 Å². The van der Waals surface area contributed by atoms with Crippen LogP contribution in [-0.4, -0.2) is 29.6 Å². The van der Waals surface area contributed by atoms with Crippen molar-refractivity contribution >= 4 is 5.57 Å². The first-order chi connectivity index (χ1) is 21.2. The van der Waals surface area contributed by atoms with Crippen LogP contribution in [0.2, 0.25) is 0 Å². The number of aromatic hydroxyl groups is 4. The van der Waals surface area contributed by atoms with Gasteiger partial charge in [0, 0.05) is 46.4 Å². The maximum atomic E-state index is 12.0. The largest absolute Gasteiger partial charge is 0.494 e. The molecule has 2 heterocycles. The summed E-state index contributed by atoms with van der Waals surface area (Å²) in [6.07, 6.45) is 4.64. The lowest BCUT2D eigenvalue weighted by molar-refractivity contribution is 0.395. The topological polar surface area (TPSA) is 90.8 Å². The van der Waals surface area contributed by atoms with Crippen molar-refractivity contribution < 1.29 is 20.4 Å². The van der Waals surface area contributed by atoms with Crippen molar-refractivity contribution in [2.45, 2.75) is 51.9 Å². The monoisotopic (exact) mass is 582 g/mol. The Morgan fingerprint density at radius 1 is 0.614 bits per heavy atom. The molecule has 0 fully saturated rings. The van der Waals surface area contributed by atoms with Gasteiger partial charge in [0.15, 0.2) is 0 Å². The smallest absolute Gasteiger partial charge is 0.203 e. The molecule has 4 aliphatic carbocycles. The average Bonchev–Trinajstić information content (AvgIpc) is 3.43. The van der Waals surface area contributed by atoms with Gasteiger partial charge in [0.2, 0.25) is 23.5 Å². The number of hydrogen-bond donors (Lipinski definition) is 4. The summed E-state index contributed by atoms with van der Waals surface area (Å²) in [6, 6.07) is 22.1. The van der Waals surface area contributed by atoms with E-state index in [2.05, 4.69) is 24.3 Å². The number of aromatic nitrogens is 2. The number of nitrogens with zero attached hydrogens (tertiary/aromatic N) is 2. The normalized spacial score (nSPS) is 19.7. The molecule has 2 aromatic heterocycles. The van der Waals surface area contributed by atoms with Gasteiger partial charge in [-0.3, -0.25) is 9.13 Å². The molecule has 44 heavy (non-hydrogen) atoms. The molecular weight excluding hydrogens is 548 g/mol. The maximum absolute atomic E-state index is 12.0. The molecule has 6 heteroatoms. The Balaban J connectivity index is 1.41. The SMILES string of the molecule is Cc1ccc(-n2c(O)c3c(c2O)C2C=CC3C3=C(c4ccccc4)Cc4c(c(O)n(-c5ccc(C)cc5C)c4O)C32)c(C)c1. The Labute approximate surface area is 256 Å². The zero-order chi connectivity index (χ0) is 30.6. The van der Waals surface area contributed by atoms with Gasteiger partial charge in [0.05, 0.1) is 11.4 Å². The predicted octanol–water partition coefficient (Wildman–Crippen LogP) is 7.87. The molecule has 4 N–H and O–H groups in total. The molecule has 0 saturated heterocycles. The van der Waals surface area contributed by atoms with E-state index < -0.39 is 0 Å². The zero-order valence-corrected chi connectivity index (χ0v) is 25.1. The van der Waals surface area contributed by atoms with Crippen LogP contribution in [0.5, 0.6) is 23.5 Å². The fourth-order valence-electron chi connectivity index (χ4n) is 8.14. The van der Waals surface area contributed by atoms with Crippen molar-refractivity contribution in [2.75, 3.05) is 0 Å². The van der Waals surface area contributed by atoms with E-state index in [1.165, 1.54) is 0 Å². The van der Waals surface area contributed by atoms with Crippen LogP contribution in [0, 0.1) is 27.7 Å². The molecule has 220 valence electrons. The van der Waals surface area contributed by atoms with Crippen LogP contribution in [0.15, 0.2) is 84.5 Å². The van der Waals surface area contributed by atoms with E-state index in [0.717, 1.165) is 50.3 Å². The summed E-state index contributed by atoms with van der Waals surface area (Å²) in [5, 5.41) is 47.5. The van der Waals surface area contributed by atoms with Crippen LogP contribution in [0.1, 0.15) is 67.8 Å². The summed E-state index contributed by atoms with van der Waals surface area (Å²) >= 11 is 0. The molecule has 0 saturated carbocycles. The van der Waals surface area contributed by atoms with Crippen molar-refractivity contribution in [2.24, 2.45) is 0 Å². The molecule has 0 spiro atoms. The molecule has 2 bridgehead atoms. The van der Waals surface area contributed by atoms with Crippen LogP contribution in [0.25, 0.3) is 16.9 Å². The lowest BCUT2D eigenvalue weighted by Crippen LogP contribution is -2.30. The van der Waals surface area contributed by atoms with Gasteiger partial charge >= 0.3 is 0 Å². The van der Waals surface area contributed by atoms with Gasteiger partial charge in [-0.05, 0) is 67.7 Å². The molecule has 6 nitrogen and oxygen atoms in total. The molecular formula is C38H34N2O4. The maximum Gasteiger partial charge on any atom is 0.203 e. The molecule has 0 aliphatic heterocycles. The van der Waals surface area contributed by atoms with E-state index in [1.807, 2.05) is 82.3 Å². The predicted molar refractivity (Wildman–Crippen MR) is 172 cm³/mol. The first kappa shape index (κ1) is 26.5. The number of aryl methyl sites for hydroxylation is 4. The Morgan fingerprint density at radius 2 is 1.18 bits per heavy atom. The quantitative estimate of drug-likeness (QED) is 0.163. The summed E-state index contributed by atoms with van der Waals surface area (Å²) in [4.78, 5) is 0. The van der Waals surface area contributed by atoms with Crippen LogP contribution < -0.4 is 0 Å². The van der Waals surface area contributed by atoms with Crippen molar-refractivity contribution in [3.8, 4) is 34.9 Å². The van der Waals surface area contributed by atoms with Crippen LogP contribution in [0.4, 0.5) is 0 Å². The van der Waals surface area contributed by atoms with E-state index in [0.29, 0.717) is 28.7 Å². The highest BCUT2D eigenvalue weighted by Gasteiger charge is 2.52. The minimum atomic E-state index is -0.360. The molecule has 0 radical (unpaired) electrons. The van der Waals surface area contributed by atoms with Crippen molar-refractivity contribution in [3.05, 3.63) is 135 Å². The second-order valence-electron chi connectivity index (χ2n) is 12.6. The number of allylic oxidation sites excluding steroid dienone is 4. The second kappa shape index (κ2) is 9.20. The Morgan fingerprint density at radius 3 is 1.80 bits per heavy atom. The van der Waals surface area contributed by atoms with Gasteiger partial charge in [-0.1, -0.05) is 77.9 Å². The van der Waals surface area contributed by atoms with Gasteiger partial charge in [0.1, 0.15) is 0 Å². The van der Waals surface area contributed by atoms with Gasteiger partial charge in [-0.25, -0.2) is 0 Å². The summed E-state index contributed by atoms with van der Waals surface area (Å²) < 4.78 is 3.13. The van der Waals surface area contributed by atoms with Crippen molar-refractivity contribution in [1.82, 2.24) is 9.13 Å². The second-order valence-corrected chi connectivity index (χ2v) is 12.6. The lowest BCUT2D eigenvalue weighted by Gasteiger charge is -2.44. The lowest BCUT2D eigenvalue weighted by atomic mass is 9.57. The minimum absolute atomic E-state index is 0.00811. The standard InChI is InChI=1S/C38H34N2O4/c1-19-10-14-28(21(3)16-19)39-35(41)27-18-26(23-8-6-5-7-9-23)30-24-12-13-25(31(30)34(27)38(39)44)33-32(24)36(42)40(37(33)43)29-15-11-20(2)17-22(29)4/h5-17,24-25,31,41-44H,18H2,1-4H3. The number of fused-ring (bicyclic) bond motifs is 1. The third-order valence-electron chi connectivity index (χ3n) is 9.96. The molecule has 3 unspecified atom stereocenters. The highest BCUT2D eigenvalue weighted by Crippen LogP contribution is 2.66. The fourth-order valence-corrected chi connectivity index (χ4v) is 8.14. The van der Waals surface area contributed by atoms with Crippen LogP contribution in [0.3, 0.4) is 0 Å². The molecule has 3 atom stereocenters. The molecule has 0 amide bonds. The molecule has 5 aromatic rings. The van der Waals surface area contributed by atoms with E-state index in [1.54, 1.807) is 9.13 Å². The first-order valence-electron chi connectivity index (χ1n) is 15.1. The summed E-state index contributed by atoms with van der Waals surface area (Å²) in [5.41, 5.74) is 11.5. The highest BCUT2D eigenvalue weighted by molar-refractivity contribution is 5.83. The first-order valence-corrected chi connectivity index (χ1v) is 15.1. The third kappa shape index (κ3) is 3.42. The summed E-state index contributed by atoms with van der Waals surface area (Å²) in [5.74, 6) is -0.925. The van der Waals surface area contributed by atoms with Crippen molar-refractivity contribution in [3.63, 3.8) is 0 Å². The molecule has 4 aliphatic rings. The Bertz CT molecular complexity index is 2090. The van der Waals surface area contributed by atoms with Crippen molar-refractivity contribution in [1.29, 1.82) is 0 Å². The number of hydrogen-bond acceptors (Lipinski definition) is 4. The summed E-state index contributed by atoms with van der Waals surface area (Å²) in [7, 11) is 0. The minimum Gasteiger partial charge on any atom is -0.494 e. The summed E-state index contributed by atoms with van der Waals surface area (Å²) in [6.45, 7) is 8.00. The van der Waals surface area contributed by atoms with E-state index in [4.69, 9.17) is 0 Å². The Hall–Kier alpha value is -5.10. The third-order valence-corrected chi connectivity index (χ3v) is 9.96. The van der Waals surface area contributed by atoms with E-state index >= 15 is 0 Å². The van der Waals surface area contributed by atoms with Crippen LogP contribution in [-0.2, 0) is 6.42 Å². The molecule has 9 rings (SSSR count). The van der Waals surface area contributed by atoms with Gasteiger partial charge in [0.25, 0.3) is 0 Å². The molecule has 3 aromatic carbocycles. The fraction of sp³-hybridized carbons (Fsp3) is 0.211. The van der Waals surface area contributed by atoms with Gasteiger partial charge < -0.3 is 20.4 Å². The van der Waals surface area contributed by atoms with E-state index in [9.17, 15) is 20.4 Å².